The van der Waals surface area contributed by atoms with E-state index in [-0.39, 0.29) is 10.9 Å². The summed E-state index contributed by atoms with van der Waals surface area (Å²) in [4.78, 5) is 0.223. The average molecular weight is 351 g/mol. The van der Waals surface area contributed by atoms with Gasteiger partial charge in [0.15, 0.2) is 0 Å². The molecule has 1 aromatic rings. The summed E-state index contributed by atoms with van der Waals surface area (Å²) in [6, 6.07) is 4.84. The van der Waals surface area contributed by atoms with Crippen LogP contribution in [-0.2, 0) is 21.3 Å². The summed E-state index contributed by atoms with van der Waals surface area (Å²) in [6.07, 6.45) is 0. The van der Waals surface area contributed by atoms with Crippen molar-refractivity contribution in [1.29, 1.82) is 0 Å². The molecule has 0 aliphatic carbocycles. The molecule has 2 N–H and O–H groups in total. The maximum absolute atomic E-state index is 12.5. The molecule has 0 aliphatic rings. The minimum Gasteiger partial charge on any atom is -0.383 e. The van der Waals surface area contributed by atoms with Crippen molar-refractivity contribution in [2.24, 2.45) is 5.73 Å². The largest absolute Gasteiger partial charge is 0.383 e. The van der Waals surface area contributed by atoms with Gasteiger partial charge in [-0.25, -0.2) is 8.42 Å². The van der Waals surface area contributed by atoms with Gasteiger partial charge in [0.2, 0.25) is 10.0 Å². The van der Waals surface area contributed by atoms with Gasteiger partial charge < -0.3 is 10.5 Å². The predicted octanol–water partition coefficient (Wildman–Crippen LogP) is 1.56. The van der Waals surface area contributed by atoms with E-state index in [1.54, 1.807) is 39.3 Å². The minimum atomic E-state index is -3.57. The lowest BCUT2D eigenvalue weighted by Gasteiger charge is -2.24. The molecular formula is C12H19BrN2O3S. The first-order valence-electron chi connectivity index (χ1n) is 5.80. The monoisotopic (exact) mass is 350 g/mol. The molecule has 1 rings (SSSR count). The Hall–Kier alpha value is -0.470. The molecule has 0 aliphatic heterocycles. The van der Waals surface area contributed by atoms with E-state index >= 15 is 0 Å². The standard InChI is InChI=1S/C12H19BrN2O3S/c1-9(8-18-3)15(2)19(16,17)12-6-10(7-14)4-5-11(12)13/h4-6,9H,7-8,14H2,1-3H3. The second kappa shape index (κ2) is 6.81. The number of nitrogens with zero attached hydrogens (tertiary/aromatic N) is 1. The quantitative estimate of drug-likeness (QED) is 0.844. The van der Waals surface area contributed by atoms with E-state index in [4.69, 9.17) is 10.5 Å². The Labute approximate surface area is 122 Å². The lowest BCUT2D eigenvalue weighted by Crippen LogP contribution is -2.38. The lowest BCUT2D eigenvalue weighted by atomic mass is 10.2. The fraction of sp³-hybridized carbons (Fsp3) is 0.500. The molecule has 0 bridgehead atoms. The molecule has 1 aromatic carbocycles. The summed E-state index contributed by atoms with van der Waals surface area (Å²) >= 11 is 3.27. The smallest absolute Gasteiger partial charge is 0.244 e. The Morgan fingerprint density at radius 2 is 2.11 bits per heavy atom. The highest BCUT2D eigenvalue weighted by atomic mass is 79.9. The molecule has 1 unspecified atom stereocenters. The highest BCUT2D eigenvalue weighted by Crippen LogP contribution is 2.26. The van der Waals surface area contributed by atoms with Crippen LogP contribution in [0.25, 0.3) is 0 Å². The number of halogens is 1. The van der Waals surface area contributed by atoms with Crippen LogP contribution in [0.15, 0.2) is 27.6 Å². The minimum absolute atomic E-state index is 0.223. The Morgan fingerprint density at radius 3 is 2.63 bits per heavy atom. The molecular weight excluding hydrogens is 332 g/mol. The number of hydrogen-bond acceptors (Lipinski definition) is 4. The van der Waals surface area contributed by atoms with Crippen LogP contribution in [-0.4, -0.2) is 39.5 Å². The van der Waals surface area contributed by atoms with Crippen LogP contribution in [0.5, 0.6) is 0 Å². The molecule has 108 valence electrons. The zero-order valence-corrected chi connectivity index (χ0v) is 13.7. The number of methoxy groups -OCH3 is 1. The van der Waals surface area contributed by atoms with E-state index in [9.17, 15) is 8.42 Å². The lowest BCUT2D eigenvalue weighted by molar-refractivity contribution is 0.149. The van der Waals surface area contributed by atoms with Crippen LogP contribution in [0.3, 0.4) is 0 Å². The molecule has 7 heteroatoms. The zero-order valence-electron chi connectivity index (χ0n) is 11.3. The Morgan fingerprint density at radius 1 is 1.47 bits per heavy atom. The van der Waals surface area contributed by atoms with Crippen molar-refractivity contribution in [2.75, 3.05) is 20.8 Å². The third kappa shape index (κ3) is 3.76. The molecule has 1 atom stereocenters. The molecule has 5 nitrogen and oxygen atoms in total. The maximum atomic E-state index is 12.5. The first kappa shape index (κ1) is 16.6. The van der Waals surface area contributed by atoms with Crippen LogP contribution in [0.4, 0.5) is 0 Å². The fourth-order valence-electron chi connectivity index (χ4n) is 1.61. The molecule has 0 aromatic heterocycles. The summed E-state index contributed by atoms with van der Waals surface area (Å²) in [6.45, 7) is 2.43. The summed E-state index contributed by atoms with van der Waals surface area (Å²) < 4.78 is 31.9. The van der Waals surface area contributed by atoms with E-state index in [1.807, 2.05) is 0 Å². The highest BCUT2D eigenvalue weighted by molar-refractivity contribution is 9.10. The van der Waals surface area contributed by atoms with E-state index < -0.39 is 10.0 Å². The Bertz CT molecular complexity index is 534. The summed E-state index contributed by atoms with van der Waals surface area (Å²) in [5.41, 5.74) is 6.32. The van der Waals surface area contributed by atoms with Gasteiger partial charge in [-0.05, 0) is 40.5 Å². The van der Waals surface area contributed by atoms with Gasteiger partial charge in [0.1, 0.15) is 0 Å². The van der Waals surface area contributed by atoms with E-state index in [0.717, 1.165) is 5.56 Å². The van der Waals surface area contributed by atoms with Crippen molar-refractivity contribution < 1.29 is 13.2 Å². The van der Waals surface area contributed by atoms with Crippen molar-refractivity contribution in [3.8, 4) is 0 Å². The van der Waals surface area contributed by atoms with Crippen LogP contribution >= 0.6 is 15.9 Å². The number of likely N-dealkylation sites (N-methyl/N-ethyl adjacent to an activating group) is 1. The maximum Gasteiger partial charge on any atom is 0.244 e. The molecule has 0 saturated carbocycles. The van der Waals surface area contributed by atoms with Crippen molar-refractivity contribution in [3.63, 3.8) is 0 Å². The summed E-state index contributed by atoms with van der Waals surface area (Å²) in [5, 5.41) is 0. The van der Waals surface area contributed by atoms with Crippen LogP contribution in [0.1, 0.15) is 12.5 Å². The van der Waals surface area contributed by atoms with Gasteiger partial charge in [-0.2, -0.15) is 4.31 Å². The number of hydrogen-bond donors (Lipinski definition) is 1. The highest BCUT2D eigenvalue weighted by Gasteiger charge is 2.27. The molecule has 0 fully saturated rings. The zero-order chi connectivity index (χ0) is 14.6. The van der Waals surface area contributed by atoms with Crippen LogP contribution in [0.2, 0.25) is 0 Å². The van der Waals surface area contributed by atoms with Crippen molar-refractivity contribution in [1.82, 2.24) is 4.31 Å². The SMILES string of the molecule is COCC(C)N(C)S(=O)(=O)c1cc(CN)ccc1Br. The number of sulfonamides is 1. The van der Waals surface area contributed by atoms with Crippen molar-refractivity contribution in [2.45, 2.75) is 24.4 Å². The van der Waals surface area contributed by atoms with Crippen molar-refractivity contribution >= 4 is 26.0 Å². The van der Waals surface area contributed by atoms with Crippen LogP contribution < -0.4 is 5.73 Å². The normalized spacial score (nSPS) is 13.8. The van der Waals surface area contributed by atoms with E-state index in [2.05, 4.69) is 15.9 Å². The predicted molar refractivity (Wildman–Crippen MR) is 78.3 cm³/mol. The van der Waals surface area contributed by atoms with Gasteiger partial charge >= 0.3 is 0 Å². The van der Waals surface area contributed by atoms with Crippen molar-refractivity contribution in [3.05, 3.63) is 28.2 Å². The molecule has 0 saturated heterocycles. The summed E-state index contributed by atoms with van der Waals surface area (Å²) in [5.74, 6) is 0. The number of rotatable bonds is 6. The first-order valence-corrected chi connectivity index (χ1v) is 8.03. The summed E-state index contributed by atoms with van der Waals surface area (Å²) in [7, 11) is -0.487. The van der Waals surface area contributed by atoms with E-state index in [0.29, 0.717) is 17.6 Å². The molecule has 19 heavy (non-hydrogen) atoms. The first-order chi connectivity index (χ1) is 8.84. The topological polar surface area (TPSA) is 72.6 Å². The number of benzene rings is 1. The Kier molecular flexibility index (Phi) is 5.94. The van der Waals surface area contributed by atoms with Gasteiger partial charge in [-0.3, -0.25) is 0 Å². The number of nitrogens with two attached hydrogens (primary N) is 1. The Balaban J connectivity index is 3.19. The molecule has 0 spiro atoms. The molecule has 0 heterocycles. The second-order valence-electron chi connectivity index (χ2n) is 4.29. The molecule has 0 radical (unpaired) electrons. The van der Waals surface area contributed by atoms with Gasteiger partial charge in [-0.15, -0.1) is 0 Å². The van der Waals surface area contributed by atoms with Gasteiger partial charge in [0, 0.05) is 31.2 Å². The van der Waals surface area contributed by atoms with Gasteiger partial charge in [0.25, 0.3) is 0 Å². The third-order valence-corrected chi connectivity index (χ3v) is 5.88. The third-order valence-electron chi connectivity index (χ3n) is 2.92. The van der Waals surface area contributed by atoms with Gasteiger partial charge in [-0.1, -0.05) is 6.07 Å². The van der Waals surface area contributed by atoms with E-state index in [1.165, 1.54) is 4.31 Å². The fourth-order valence-corrected chi connectivity index (χ4v) is 3.93. The molecule has 0 amide bonds. The number of ether oxygens (including phenoxy) is 1. The van der Waals surface area contributed by atoms with Crippen LogP contribution in [0, 0.1) is 0 Å². The second-order valence-corrected chi connectivity index (χ2v) is 7.11. The average Bonchev–Trinajstić information content (AvgIpc) is 2.38. The van der Waals surface area contributed by atoms with Gasteiger partial charge in [0.05, 0.1) is 11.5 Å².